The minimum absolute atomic E-state index is 0.182. The minimum Gasteiger partial charge on any atom is -0.308 e. The number of nitrogens with zero attached hydrogens (tertiary/aromatic N) is 3. The van der Waals surface area contributed by atoms with Crippen molar-refractivity contribution in [3.8, 4) is 0 Å². The predicted molar refractivity (Wildman–Crippen MR) is 79.3 cm³/mol. The van der Waals surface area contributed by atoms with Crippen molar-refractivity contribution in [3.63, 3.8) is 0 Å². The number of rotatable bonds is 5. The van der Waals surface area contributed by atoms with Crippen molar-refractivity contribution in [2.45, 2.75) is 32.7 Å². The van der Waals surface area contributed by atoms with Crippen LogP contribution in [0.3, 0.4) is 0 Å². The zero-order valence-electron chi connectivity index (χ0n) is 11.9. The van der Waals surface area contributed by atoms with Gasteiger partial charge in [-0.15, -0.1) is 0 Å². The molecule has 0 aliphatic heterocycles. The first-order chi connectivity index (χ1) is 8.99. The molecule has 1 aromatic rings. The number of ketones is 1. The van der Waals surface area contributed by atoms with Crippen LogP contribution in [0.25, 0.3) is 0 Å². The summed E-state index contributed by atoms with van der Waals surface area (Å²) in [5.41, 5.74) is 0.751. The molecule has 0 radical (unpaired) electrons. The van der Waals surface area contributed by atoms with Crippen molar-refractivity contribution in [3.05, 3.63) is 16.4 Å². The standard InChI is InChI=1S/C14H22BrN3O/c1-10-4-5-11(8-10)14(19)13-12(15)9-16-18(13)7-6-17(2)3/h9-11H,4-8H2,1-3H3. The Hall–Kier alpha value is -0.680. The second-order valence-corrected chi connectivity index (χ2v) is 6.70. The third kappa shape index (κ3) is 3.45. The van der Waals surface area contributed by atoms with Crippen LogP contribution >= 0.6 is 15.9 Å². The summed E-state index contributed by atoms with van der Waals surface area (Å²) < 4.78 is 2.67. The topological polar surface area (TPSA) is 38.1 Å². The maximum atomic E-state index is 12.6. The molecule has 5 heteroatoms. The molecule has 1 aromatic heterocycles. The summed E-state index contributed by atoms with van der Waals surface area (Å²) >= 11 is 3.47. The molecule has 4 nitrogen and oxygen atoms in total. The van der Waals surface area contributed by atoms with Gasteiger partial charge in [-0.1, -0.05) is 6.92 Å². The fraction of sp³-hybridized carbons (Fsp3) is 0.714. The Morgan fingerprint density at radius 1 is 1.53 bits per heavy atom. The summed E-state index contributed by atoms with van der Waals surface area (Å²) in [5.74, 6) is 1.11. The van der Waals surface area contributed by atoms with Gasteiger partial charge in [-0.2, -0.15) is 5.10 Å². The number of likely N-dealkylation sites (N-methyl/N-ethyl adjacent to an activating group) is 1. The molecule has 0 N–H and O–H groups in total. The quantitative estimate of drug-likeness (QED) is 0.780. The molecule has 2 unspecified atom stereocenters. The minimum atomic E-state index is 0.182. The lowest BCUT2D eigenvalue weighted by molar-refractivity contribution is 0.0907. The summed E-state index contributed by atoms with van der Waals surface area (Å²) in [6.07, 6.45) is 4.94. The highest BCUT2D eigenvalue weighted by atomic mass is 79.9. The van der Waals surface area contributed by atoms with Gasteiger partial charge in [0, 0.05) is 12.5 Å². The number of halogens is 1. The van der Waals surface area contributed by atoms with Crippen molar-refractivity contribution in [1.82, 2.24) is 14.7 Å². The lowest BCUT2D eigenvalue weighted by atomic mass is 9.99. The van der Waals surface area contributed by atoms with Crippen LogP contribution in [0.4, 0.5) is 0 Å². The van der Waals surface area contributed by atoms with Crippen LogP contribution in [0.15, 0.2) is 10.7 Å². The molecular weight excluding hydrogens is 306 g/mol. The van der Waals surface area contributed by atoms with E-state index in [9.17, 15) is 4.79 Å². The molecule has 106 valence electrons. The van der Waals surface area contributed by atoms with Gasteiger partial charge in [0.15, 0.2) is 5.78 Å². The van der Waals surface area contributed by atoms with Gasteiger partial charge in [-0.3, -0.25) is 9.48 Å². The maximum Gasteiger partial charge on any atom is 0.185 e. The van der Waals surface area contributed by atoms with Crippen LogP contribution < -0.4 is 0 Å². The molecule has 1 aliphatic rings. The normalized spacial score (nSPS) is 23.2. The van der Waals surface area contributed by atoms with E-state index in [0.29, 0.717) is 5.92 Å². The molecule has 2 rings (SSSR count). The van der Waals surface area contributed by atoms with E-state index in [2.05, 4.69) is 32.9 Å². The Morgan fingerprint density at radius 2 is 2.26 bits per heavy atom. The average Bonchev–Trinajstić information content (AvgIpc) is 2.92. The van der Waals surface area contributed by atoms with E-state index in [4.69, 9.17) is 0 Å². The monoisotopic (exact) mass is 327 g/mol. The fourth-order valence-electron chi connectivity index (χ4n) is 2.71. The van der Waals surface area contributed by atoms with Crippen molar-refractivity contribution in [1.29, 1.82) is 0 Å². The zero-order valence-corrected chi connectivity index (χ0v) is 13.5. The summed E-state index contributed by atoms with van der Waals surface area (Å²) in [6, 6.07) is 0. The Morgan fingerprint density at radius 3 is 2.84 bits per heavy atom. The van der Waals surface area contributed by atoms with Crippen molar-refractivity contribution in [2.24, 2.45) is 11.8 Å². The van der Waals surface area contributed by atoms with Gasteiger partial charge in [0.25, 0.3) is 0 Å². The van der Waals surface area contributed by atoms with Crippen molar-refractivity contribution in [2.75, 3.05) is 20.6 Å². The van der Waals surface area contributed by atoms with Gasteiger partial charge >= 0.3 is 0 Å². The van der Waals surface area contributed by atoms with Crippen LogP contribution in [0.5, 0.6) is 0 Å². The summed E-state index contributed by atoms with van der Waals surface area (Å²) in [5, 5.41) is 4.32. The molecule has 1 saturated carbocycles. The SMILES string of the molecule is CC1CCC(C(=O)c2c(Br)cnn2CCN(C)C)C1. The number of hydrogen-bond donors (Lipinski definition) is 0. The molecule has 0 aromatic carbocycles. The largest absolute Gasteiger partial charge is 0.308 e. The number of carbonyl (C=O) groups excluding carboxylic acids is 1. The number of carbonyl (C=O) groups is 1. The summed E-state index contributed by atoms with van der Waals surface area (Å²) in [6.45, 7) is 3.86. The third-order valence-corrected chi connectivity index (χ3v) is 4.43. The van der Waals surface area contributed by atoms with E-state index in [1.807, 2.05) is 18.8 Å². The molecule has 1 heterocycles. The van der Waals surface area contributed by atoms with Crippen LogP contribution in [0.2, 0.25) is 0 Å². The Balaban J connectivity index is 2.14. The summed E-state index contributed by atoms with van der Waals surface area (Å²) in [4.78, 5) is 14.7. The maximum absolute atomic E-state index is 12.6. The van der Waals surface area contributed by atoms with Crippen molar-refractivity contribution >= 4 is 21.7 Å². The first kappa shape index (κ1) is 14.7. The Bertz CT molecular complexity index is 456. The Labute approximate surface area is 123 Å². The first-order valence-electron chi connectivity index (χ1n) is 6.89. The fourth-order valence-corrected chi connectivity index (χ4v) is 3.20. The highest BCUT2D eigenvalue weighted by Gasteiger charge is 2.31. The van der Waals surface area contributed by atoms with Crippen LogP contribution in [-0.2, 0) is 6.54 Å². The average molecular weight is 328 g/mol. The van der Waals surface area contributed by atoms with Crippen LogP contribution in [-0.4, -0.2) is 41.1 Å². The summed E-state index contributed by atoms with van der Waals surface area (Å²) in [7, 11) is 4.05. The van der Waals surface area contributed by atoms with E-state index in [-0.39, 0.29) is 11.7 Å². The number of hydrogen-bond acceptors (Lipinski definition) is 3. The predicted octanol–water partition coefficient (Wildman–Crippen LogP) is 2.83. The van der Waals surface area contributed by atoms with E-state index in [0.717, 1.165) is 36.1 Å². The highest BCUT2D eigenvalue weighted by Crippen LogP contribution is 2.34. The first-order valence-corrected chi connectivity index (χ1v) is 7.68. The van der Waals surface area contributed by atoms with Gasteiger partial charge in [-0.05, 0) is 55.2 Å². The molecule has 0 amide bonds. The second-order valence-electron chi connectivity index (χ2n) is 5.85. The molecule has 1 fully saturated rings. The van der Waals surface area contributed by atoms with Crippen LogP contribution in [0.1, 0.15) is 36.7 Å². The molecule has 2 atom stereocenters. The third-order valence-electron chi connectivity index (χ3n) is 3.85. The Kier molecular flexibility index (Phi) is 4.79. The number of Topliss-reactive ketones (excluding diaryl/α,β-unsaturated/α-hetero) is 1. The number of aromatic nitrogens is 2. The molecular formula is C14H22BrN3O. The second kappa shape index (κ2) is 6.18. The molecule has 0 spiro atoms. The zero-order chi connectivity index (χ0) is 14.0. The van der Waals surface area contributed by atoms with Gasteiger partial charge < -0.3 is 4.90 Å². The smallest absolute Gasteiger partial charge is 0.185 e. The van der Waals surface area contributed by atoms with E-state index in [1.165, 1.54) is 6.42 Å². The van der Waals surface area contributed by atoms with Gasteiger partial charge in [0.1, 0.15) is 5.69 Å². The van der Waals surface area contributed by atoms with E-state index >= 15 is 0 Å². The van der Waals surface area contributed by atoms with E-state index < -0.39 is 0 Å². The molecule has 1 aliphatic carbocycles. The lowest BCUT2D eigenvalue weighted by Gasteiger charge is -2.14. The van der Waals surface area contributed by atoms with Gasteiger partial charge in [0.2, 0.25) is 0 Å². The molecule has 19 heavy (non-hydrogen) atoms. The van der Waals surface area contributed by atoms with E-state index in [1.54, 1.807) is 6.20 Å². The molecule has 0 saturated heterocycles. The lowest BCUT2D eigenvalue weighted by Crippen LogP contribution is -2.23. The van der Waals surface area contributed by atoms with Crippen LogP contribution in [0, 0.1) is 11.8 Å². The van der Waals surface area contributed by atoms with Crippen molar-refractivity contribution < 1.29 is 4.79 Å². The highest BCUT2D eigenvalue weighted by molar-refractivity contribution is 9.10. The molecule has 0 bridgehead atoms. The van der Waals surface area contributed by atoms with Gasteiger partial charge in [-0.25, -0.2) is 0 Å². The van der Waals surface area contributed by atoms with Gasteiger partial charge in [0.05, 0.1) is 17.2 Å².